The molecule has 0 atom stereocenters. The molecule has 0 aliphatic rings. The summed E-state index contributed by atoms with van der Waals surface area (Å²) >= 11 is 0. The minimum absolute atomic E-state index is 0.463. The fourth-order valence-corrected chi connectivity index (χ4v) is 7.82. The Labute approximate surface area is 300 Å². The van der Waals surface area contributed by atoms with Gasteiger partial charge in [-0.25, -0.2) is 0 Å². The van der Waals surface area contributed by atoms with Gasteiger partial charge in [-0.05, 0) is 112 Å². The van der Waals surface area contributed by atoms with Gasteiger partial charge >= 0.3 is 0 Å². The standard InChI is InChI=1S/C51H38/c1-34(2)39-17-12-18-42(31-39)50-45-19-8-10-21-47(45)51(48-22-11-9-20-46(48)50)43-29-30-44(37-14-4-3-5-15-37)49(33-43)38-26-23-36(24-27-38)41-28-25-35-13-6-7-16-40(35)32-41/h3-34H,1-2H3. The molecule has 51 heavy (non-hydrogen) atoms. The van der Waals surface area contributed by atoms with Crippen molar-refractivity contribution in [3.8, 4) is 55.6 Å². The maximum absolute atomic E-state index is 2.42. The van der Waals surface area contributed by atoms with Crippen molar-refractivity contribution in [2.24, 2.45) is 0 Å². The molecule has 0 radical (unpaired) electrons. The highest BCUT2D eigenvalue weighted by molar-refractivity contribution is 6.21. The van der Waals surface area contributed by atoms with Gasteiger partial charge < -0.3 is 0 Å². The molecule has 0 heterocycles. The average molecular weight is 651 g/mol. The number of benzene rings is 9. The van der Waals surface area contributed by atoms with Crippen LogP contribution < -0.4 is 0 Å². The van der Waals surface area contributed by atoms with Crippen LogP contribution in [0.5, 0.6) is 0 Å². The van der Waals surface area contributed by atoms with Gasteiger partial charge in [0.25, 0.3) is 0 Å². The smallest absolute Gasteiger partial charge is 0.00261 e. The lowest BCUT2D eigenvalue weighted by Gasteiger charge is -2.20. The second-order valence-corrected chi connectivity index (χ2v) is 13.9. The van der Waals surface area contributed by atoms with Crippen molar-refractivity contribution in [2.75, 3.05) is 0 Å². The minimum Gasteiger partial charge on any atom is -0.0622 e. The van der Waals surface area contributed by atoms with E-state index < -0.39 is 0 Å². The molecule has 0 unspecified atom stereocenters. The molecule has 0 bridgehead atoms. The van der Waals surface area contributed by atoms with Crippen molar-refractivity contribution >= 4 is 32.3 Å². The molecular weight excluding hydrogens is 613 g/mol. The molecule has 0 saturated carbocycles. The van der Waals surface area contributed by atoms with Crippen molar-refractivity contribution in [3.05, 3.63) is 194 Å². The normalized spacial score (nSPS) is 11.5. The second-order valence-electron chi connectivity index (χ2n) is 13.9. The first kappa shape index (κ1) is 30.8. The molecule has 0 heteroatoms. The van der Waals surface area contributed by atoms with Gasteiger partial charge in [0.2, 0.25) is 0 Å². The fraction of sp³-hybridized carbons (Fsp3) is 0.0588. The van der Waals surface area contributed by atoms with Gasteiger partial charge in [0.15, 0.2) is 0 Å². The molecule has 0 saturated heterocycles. The highest BCUT2D eigenvalue weighted by Gasteiger charge is 2.19. The van der Waals surface area contributed by atoms with Crippen LogP contribution in [0, 0.1) is 0 Å². The SMILES string of the molecule is CC(C)c1cccc(-c2c3ccccc3c(-c3ccc(-c4ccccc4)c(-c4ccc(-c5ccc6ccccc6c5)cc4)c3)c3ccccc23)c1. The number of hydrogen-bond donors (Lipinski definition) is 0. The Morgan fingerprint density at radius 2 is 0.784 bits per heavy atom. The zero-order valence-corrected chi connectivity index (χ0v) is 29.0. The van der Waals surface area contributed by atoms with E-state index in [2.05, 4.69) is 202 Å². The van der Waals surface area contributed by atoms with E-state index in [1.807, 2.05) is 0 Å². The molecule has 0 spiro atoms. The quantitative estimate of drug-likeness (QED) is 0.157. The summed E-state index contributed by atoms with van der Waals surface area (Å²) in [4.78, 5) is 0. The summed E-state index contributed by atoms with van der Waals surface area (Å²) in [6.45, 7) is 4.54. The summed E-state index contributed by atoms with van der Waals surface area (Å²) in [6, 6.07) is 69.3. The third-order valence-corrected chi connectivity index (χ3v) is 10.4. The van der Waals surface area contributed by atoms with E-state index in [9.17, 15) is 0 Å². The molecule has 0 aromatic heterocycles. The Morgan fingerprint density at radius 3 is 1.43 bits per heavy atom. The van der Waals surface area contributed by atoms with E-state index in [-0.39, 0.29) is 0 Å². The zero-order chi connectivity index (χ0) is 34.3. The van der Waals surface area contributed by atoms with Crippen molar-refractivity contribution in [2.45, 2.75) is 19.8 Å². The van der Waals surface area contributed by atoms with Crippen molar-refractivity contribution in [3.63, 3.8) is 0 Å². The predicted octanol–water partition coefficient (Wildman–Crippen LogP) is 14.6. The van der Waals surface area contributed by atoms with Gasteiger partial charge in [-0.1, -0.05) is 190 Å². The van der Waals surface area contributed by atoms with Crippen LogP contribution in [0.1, 0.15) is 25.3 Å². The van der Waals surface area contributed by atoms with Crippen LogP contribution in [-0.4, -0.2) is 0 Å². The predicted molar refractivity (Wildman–Crippen MR) is 220 cm³/mol. The van der Waals surface area contributed by atoms with Gasteiger partial charge in [-0.15, -0.1) is 0 Å². The van der Waals surface area contributed by atoms with Crippen LogP contribution in [0.3, 0.4) is 0 Å². The van der Waals surface area contributed by atoms with Crippen LogP contribution in [-0.2, 0) is 0 Å². The summed E-state index contributed by atoms with van der Waals surface area (Å²) in [5.74, 6) is 0.463. The van der Waals surface area contributed by atoms with E-state index in [0.29, 0.717) is 5.92 Å². The van der Waals surface area contributed by atoms with Gasteiger partial charge in [0.1, 0.15) is 0 Å². The second kappa shape index (κ2) is 12.9. The summed E-state index contributed by atoms with van der Waals surface area (Å²) in [6.07, 6.45) is 0. The highest BCUT2D eigenvalue weighted by atomic mass is 14.2. The monoisotopic (exact) mass is 650 g/mol. The van der Waals surface area contributed by atoms with Crippen LogP contribution >= 0.6 is 0 Å². The summed E-state index contributed by atoms with van der Waals surface area (Å²) < 4.78 is 0. The van der Waals surface area contributed by atoms with Crippen molar-refractivity contribution in [1.29, 1.82) is 0 Å². The molecule has 9 aromatic rings. The van der Waals surface area contributed by atoms with Crippen molar-refractivity contribution in [1.82, 2.24) is 0 Å². The molecule has 0 aliphatic heterocycles. The first-order valence-electron chi connectivity index (χ1n) is 18.0. The van der Waals surface area contributed by atoms with Crippen LogP contribution in [0.25, 0.3) is 88.0 Å². The fourth-order valence-electron chi connectivity index (χ4n) is 7.82. The molecule has 0 aliphatic carbocycles. The van der Waals surface area contributed by atoms with Gasteiger partial charge in [-0.3, -0.25) is 0 Å². The number of hydrogen-bond acceptors (Lipinski definition) is 0. The zero-order valence-electron chi connectivity index (χ0n) is 29.0. The summed E-state index contributed by atoms with van der Waals surface area (Å²) in [7, 11) is 0. The number of rotatable bonds is 6. The van der Waals surface area contributed by atoms with E-state index in [4.69, 9.17) is 0 Å². The lowest BCUT2D eigenvalue weighted by molar-refractivity contribution is 0.867. The maximum atomic E-state index is 2.42. The molecule has 9 rings (SSSR count). The summed E-state index contributed by atoms with van der Waals surface area (Å²) in [5, 5.41) is 7.62. The van der Waals surface area contributed by atoms with Crippen LogP contribution in [0.2, 0.25) is 0 Å². The van der Waals surface area contributed by atoms with Gasteiger partial charge in [-0.2, -0.15) is 0 Å². The average Bonchev–Trinajstić information content (AvgIpc) is 3.20. The molecule has 0 N–H and O–H groups in total. The molecule has 0 amide bonds. The maximum Gasteiger partial charge on any atom is -0.00261 e. The van der Waals surface area contributed by atoms with Gasteiger partial charge in [0, 0.05) is 0 Å². The highest BCUT2D eigenvalue weighted by Crippen LogP contribution is 2.46. The molecular formula is C51H38. The minimum atomic E-state index is 0.463. The Balaban J connectivity index is 1.24. The van der Waals surface area contributed by atoms with Gasteiger partial charge in [0.05, 0.1) is 0 Å². The van der Waals surface area contributed by atoms with Crippen LogP contribution in [0.4, 0.5) is 0 Å². The third-order valence-electron chi connectivity index (χ3n) is 10.4. The first-order chi connectivity index (χ1) is 25.1. The summed E-state index contributed by atoms with van der Waals surface area (Å²) in [5.41, 5.74) is 13.8. The van der Waals surface area contributed by atoms with E-state index in [0.717, 1.165) is 0 Å². The third kappa shape index (κ3) is 5.60. The van der Waals surface area contributed by atoms with E-state index in [1.54, 1.807) is 0 Å². The Morgan fingerprint density at radius 1 is 0.294 bits per heavy atom. The van der Waals surface area contributed by atoms with E-state index >= 15 is 0 Å². The Bertz CT molecular complexity index is 2640. The first-order valence-corrected chi connectivity index (χ1v) is 18.0. The van der Waals surface area contributed by atoms with Crippen LogP contribution in [0.15, 0.2) is 188 Å². The Hall–Kier alpha value is -6.24. The largest absolute Gasteiger partial charge is 0.0622 e. The molecule has 0 nitrogen and oxygen atoms in total. The number of fused-ring (bicyclic) bond motifs is 3. The molecule has 0 fully saturated rings. The lowest BCUT2D eigenvalue weighted by Crippen LogP contribution is -1.93. The lowest BCUT2D eigenvalue weighted by atomic mass is 9.83. The van der Waals surface area contributed by atoms with Crippen molar-refractivity contribution < 1.29 is 0 Å². The molecule has 242 valence electrons. The molecule has 9 aromatic carbocycles. The topological polar surface area (TPSA) is 0 Å². The Kier molecular flexibility index (Phi) is 7.79. The van der Waals surface area contributed by atoms with E-state index in [1.165, 1.54) is 93.5 Å².